The standard InChI is InChI=1S/C23H20N6OS2/c1-15-17-14-19(31-22(17)29(26-15)16-6-3-2-4-7-16)21(30)27-10-12-28(13-11-27)23-25-18-8-5-9-24-20(18)32-23/h2-9,14H,10-13H2,1H3. The van der Waals surface area contributed by atoms with Gasteiger partial charge in [0.05, 0.1) is 16.3 Å². The van der Waals surface area contributed by atoms with E-state index in [1.54, 1.807) is 17.5 Å². The fourth-order valence-corrected chi connectivity index (χ4v) is 6.16. The molecule has 0 N–H and O–H groups in total. The van der Waals surface area contributed by atoms with Crippen LogP contribution in [-0.2, 0) is 0 Å². The minimum absolute atomic E-state index is 0.0934. The van der Waals surface area contributed by atoms with Crippen LogP contribution in [0.25, 0.3) is 26.3 Å². The number of carbonyl (C=O) groups excluding carboxylic acids is 1. The zero-order valence-electron chi connectivity index (χ0n) is 17.4. The maximum atomic E-state index is 13.3. The maximum Gasteiger partial charge on any atom is 0.264 e. The monoisotopic (exact) mass is 460 g/mol. The largest absolute Gasteiger partial charge is 0.344 e. The van der Waals surface area contributed by atoms with Gasteiger partial charge in [-0.15, -0.1) is 11.3 Å². The van der Waals surface area contributed by atoms with Gasteiger partial charge in [-0.1, -0.05) is 29.5 Å². The summed E-state index contributed by atoms with van der Waals surface area (Å²) in [6.45, 7) is 4.90. The van der Waals surface area contributed by atoms with E-state index in [-0.39, 0.29) is 5.91 Å². The first-order chi connectivity index (χ1) is 15.7. The number of thiazole rings is 1. The summed E-state index contributed by atoms with van der Waals surface area (Å²) in [5.74, 6) is 0.0934. The van der Waals surface area contributed by atoms with Crippen LogP contribution in [0.2, 0.25) is 0 Å². The van der Waals surface area contributed by atoms with Crippen LogP contribution >= 0.6 is 22.7 Å². The molecule has 0 spiro atoms. The van der Waals surface area contributed by atoms with Crippen molar-refractivity contribution in [1.29, 1.82) is 0 Å². The number of rotatable bonds is 3. The Morgan fingerprint density at radius 3 is 2.59 bits per heavy atom. The van der Waals surface area contributed by atoms with Crippen LogP contribution in [0.5, 0.6) is 0 Å². The molecule has 0 atom stereocenters. The fraction of sp³-hybridized carbons (Fsp3) is 0.217. The number of anilines is 1. The summed E-state index contributed by atoms with van der Waals surface area (Å²) in [4.78, 5) is 29.3. The lowest BCUT2D eigenvalue weighted by Gasteiger charge is -2.34. The molecule has 1 fully saturated rings. The molecule has 5 heterocycles. The molecule has 4 aromatic heterocycles. The van der Waals surface area contributed by atoms with Gasteiger partial charge in [0, 0.05) is 37.8 Å². The maximum absolute atomic E-state index is 13.3. The number of piperazine rings is 1. The molecule has 1 amide bonds. The van der Waals surface area contributed by atoms with Crippen molar-refractivity contribution in [1.82, 2.24) is 24.6 Å². The van der Waals surface area contributed by atoms with Gasteiger partial charge in [-0.2, -0.15) is 5.10 Å². The van der Waals surface area contributed by atoms with Gasteiger partial charge < -0.3 is 9.80 Å². The van der Waals surface area contributed by atoms with Gasteiger partial charge in [-0.25, -0.2) is 14.6 Å². The number of para-hydroxylation sites is 1. The number of hydrogen-bond donors (Lipinski definition) is 0. The molecule has 0 unspecified atom stereocenters. The highest BCUT2D eigenvalue weighted by Crippen LogP contribution is 2.32. The molecule has 0 bridgehead atoms. The Hall–Kier alpha value is -3.30. The minimum Gasteiger partial charge on any atom is -0.344 e. The number of carbonyl (C=O) groups is 1. The van der Waals surface area contributed by atoms with Crippen molar-refractivity contribution >= 4 is 54.3 Å². The van der Waals surface area contributed by atoms with Crippen LogP contribution in [-0.4, -0.2) is 56.7 Å². The van der Waals surface area contributed by atoms with Crippen molar-refractivity contribution in [3.05, 3.63) is 65.3 Å². The third kappa shape index (κ3) is 3.25. The molecule has 6 rings (SSSR count). The summed E-state index contributed by atoms with van der Waals surface area (Å²) in [6, 6.07) is 15.9. The van der Waals surface area contributed by atoms with Crippen molar-refractivity contribution in [3.63, 3.8) is 0 Å². The van der Waals surface area contributed by atoms with E-state index >= 15 is 0 Å². The van der Waals surface area contributed by atoms with Gasteiger partial charge in [0.15, 0.2) is 5.13 Å². The normalized spacial score (nSPS) is 14.5. The Morgan fingerprint density at radius 2 is 1.81 bits per heavy atom. The lowest BCUT2D eigenvalue weighted by atomic mass is 10.2. The molecule has 1 saturated heterocycles. The molecule has 32 heavy (non-hydrogen) atoms. The number of nitrogens with zero attached hydrogens (tertiary/aromatic N) is 6. The van der Waals surface area contributed by atoms with Gasteiger partial charge in [0.2, 0.25) is 0 Å². The van der Waals surface area contributed by atoms with E-state index in [2.05, 4.69) is 15.0 Å². The van der Waals surface area contributed by atoms with Crippen LogP contribution in [0.3, 0.4) is 0 Å². The smallest absolute Gasteiger partial charge is 0.264 e. The van der Waals surface area contributed by atoms with Gasteiger partial charge in [0.1, 0.15) is 15.2 Å². The molecule has 1 aromatic carbocycles. The molecule has 7 nitrogen and oxygen atoms in total. The molecule has 1 aliphatic rings. The van der Waals surface area contributed by atoms with Gasteiger partial charge in [-0.05, 0) is 37.3 Å². The SMILES string of the molecule is Cc1nn(-c2ccccc2)c2sc(C(=O)N3CCN(c4nc5cccnc5s4)CC3)cc12. The van der Waals surface area contributed by atoms with Crippen molar-refractivity contribution in [2.45, 2.75) is 6.92 Å². The number of fused-ring (bicyclic) bond motifs is 2. The van der Waals surface area contributed by atoms with Crippen LogP contribution in [0, 0.1) is 6.92 Å². The summed E-state index contributed by atoms with van der Waals surface area (Å²) in [5, 5.41) is 6.70. The van der Waals surface area contributed by atoms with E-state index < -0.39 is 0 Å². The first-order valence-electron chi connectivity index (χ1n) is 10.5. The van der Waals surface area contributed by atoms with Gasteiger partial charge in [0.25, 0.3) is 5.91 Å². The highest BCUT2D eigenvalue weighted by molar-refractivity contribution is 7.21. The Morgan fingerprint density at radius 1 is 1.00 bits per heavy atom. The van der Waals surface area contributed by atoms with E-state index in [1.165, 1.54) is 11.3 Å². The van der Waals surface area contributed by atoms with E-state index in [4.69, 9.17) is 4.98 Å². The lowest BCUT2D eigenvalue weighted by Crippen LogP contribution is -2.48. The highest BCUT2D eigenvalue weighted by atomic mass is 32.1. The zero-order chi connectivity index (χ0) is 21.7. The Kier molecular flexibility index (Phi) is 4.65. The molecule has 160 valence electrons. The average molecular weight is 461 g/mol. The third-order valence-corrected chi connectivity index (χ3v) is 7.89. The van der Waals surface area contributed by atoms with Crippen molar-refractivity contribution in [2.75, 3.05) is 31.1 Å². The van der Waals surface area contributed by atoms with E-state index in [1.807, 2.05) is 65.0 Å². The number of thiophene rings is 1. The second-order valence-electron chi connectivity index (χ2n) is 7.77. The van der Waals surface area contributed by atoms with E-state index in [0.29, 0.717) is 13.1 Å². The Labute approximate surface area is 192 Å². The number of hydrogen-bond acceptors (Lipinski definition) is 7. The van der Waals surface area contributed by atoms with E-state index in [9.17, 15) is 4.79 Å². The summed E-state index contributed by atoms with van der Waals surface area (Å²) >= 11 is 3.13. The number of amides is 1. The summed E-state index contributed by atoms with van der Waals surface area (Å²) in [6.07, 6.45) is 1.80. The van der Waals surface area contributed by atoms with Crippen LogP contribution in [0.1, 0.15) is 15.4 Å². The molecule has 1 aliphatic heterocycles. The predicted octanol–water partition coefficient (Wildman–Crippen LogP) is 4.36. The average Bonchev–Trinajstić information content (AvgIpc) is 3.54. The lowest BCUT2D eigenvalue weighted by molar-refractivity contribution is 0.0751. The Bertz CT molecular complexity index is 1400. The number of aryl methyl sites for hydroxylation is 1. The first-order valence-corrected chi connectivity index (χ1v) is 12.1. The van der Waals surface area contributed by atoms with Crippen molar-refractivity contribution < 1.29 is 4.79 Å². The Balaban J connectivity index is 1.21. The minimum atomic E-state index is 0.0934. The second kappa shape index (κ2) is 7.68. The second-order valence-corrected chi connectivity index (χ2v) is 9.75. The van der Waals surface area contributed by atoms with Crippen molar-refractivity contribution in [2.24, 2.45) is 0 Å². The molecular formula is C23H20N6OS2. The molecule has 9 heteroatoms. The highest BCUT2D eigenvalue weighted by Gasteiger charge is 2.26. The van der Waals surface area contributed by atoms with Crippen LogP contribution in [0.4, 0.5) is 5.13 Å². The third-order valence-electron chi connectivity index (χ3n) is 5.75. The summed E-state index contributed by atoms with van der Waals surface area (Å²) in [5.41, 5.74) is 2.87. The van der Waals surface area contributed by atoms with Crippen molar-refractivity contribution in [3.8, 4) is 5.69 Å². The topological polar surface area (TPSA) is 67.2 Å². The molecule has 5 aromatic rings. The van der Waals surface area contributed by atoms with Crippen LogP contribution < -0.4 is 4.90 Å². The molecule has 0 radical (unpaired) electrons. The summed E-state index contributed by atoms with van der Waals surface area (Å²) < 4.78 is 1.94. The number of pyridine rings is 1. The number of benzene rings is 1. The quantitative estimate of drug-likeness (QED) is 0.400. The van der Waals surface area contributed by atoms with E-state index in [0.717, 1.165) is 55.0 Å². The van der Waals surface area contributed by atoms with Gasteiger partial charge >= 0.3 is 0 Å². The fourth-order valence-electron chi connectivity index (χ4n) is 4.05. The number of aromatic nitrogens is 4. The first kappa shape index (κ1) is 19.4. The zero-order valence-corrected chi connectivity index (χ0v) is 19.1. The van der Waals surface area contributed by atoms with Gasteiger partial charge in [-0.3, -0.25) is 4.79 Å². The predicted molar refractivity (Wildman–Crippen MR) is 129 cm³/mol. The van der Waals surface area contributed by atoms with Crippen LogP contribution in [0.15, 0.2) is 54.7 Å². The molecular weight excluding hydrogens is 440 g/mol. The summed E-state index contributed by atoms with van der Waals surface area (Å²) in [7, 11) is 0. The molecule has 0 aliphatic carbocycles. The molecule has 0 saturated carbocycles.